The molecule has 2 nitrogen and oxygen atoms in total. The minimum Gasteiger partial charge on any atom is -0.394 e. The molecule has 0 fully saturated rings. The Morgan fingerprint density at radius 2 is 1.78 bits per heavy atom. The zero-order valence-electron chi connectivity index (χ0n) is 5.40. The molecular formula is C5H10Cl2O2. The van der Waals surface area contributed by atoms with E-state index < -0.39 is 5.24 Å². The Kier molecular flexibility index (Phi) is 10.9. The number of aliphatic hydroxyl groups is 1. The van der Waals surface area contributed by atoms with E-state index >= 15 is 0 Å². The van der Waals surface area contributed by atoms with E-state index in [0.29, 0.717) is 0 Å². The summed E-state index contributed by atoms with van der Waals surface area (Å²) in [6.07, 6.45) is -0.167. The van der Waals surface area contributed by atoms with Crippen LogP contribution in [0.5, 0.6) is 0 Å². The molecule has 0 amide bonds. The molecule has 0 aromatic rings. The molecule has 0 aliphatic rings. The summed E-state index contributed by atoms with van der Waals surface area (Å²) in [5.74, 6) is -0.0957. The van der Waals surface area contributed by atoms with Gasteiger partial charge < -0.3 is 5.11 Å². The average molecular weight is 173 g/mol. The number of aliphatic hydroxyl groups excluding tert-OH is 1. The highest BCUT2D eigenvalue weighted by atomic mass is 35.5. The lowest BCUT2D eigenvalue weighted by atomic mass is 10.5. The van der Waals surface area contributed by atoms with Crippen molar-refractivity contribution < 1.29 is 9.90 Å². The van der Waals surface area contributed by atoms with Crippen molar-refractivity contribution in [3.63, 3.8) is 0 Å². The van der Waals surface area contributed by atoms with Crippen LogP contribution in [0, 0.1) is 0 Å². The second kappa shape index (κ2) is 8.21. The quantitative estimate of drug-likeness (QED) is 0.480. The van der Waals surface area contributed by atoms with E-state index in [1.165, 1.54) is 0 Å². The van der Waals surface area contributed by atoms with Crippen molar-refractivity contribution >= 4 is 28.4 Å². The first kappa shape index (κ1) is 11.9. The normalized spacial score (nSPS) is 8.22. The van der Waals surface area contributed by atoms with Crippen LogP contribution < -0.4 is 0 Å². The molecule has 9 heavy (non-hydrogen) atoms. The Hall–Kier alpha value is 0.210. The maximum atomic E-state index is 9.45. The first-order valence-corrected chi connectivity index (χ1v) is 3.34. The maximum Gasteiger partial charge on any atom is 0.236 e. The Morgan fingerprint density at radius 1 is 1.67 bits per heavy atom. The van der Waals surface area contributed by atoms with E-state index in [1.54, 1.807) is 13.8 Å². The summed E-state index contributed by atoms with van der Waals surface area (Å²) < 4.78 is 0. The van der Waals surface area contributed by atoms with Crippen LogP contribution in [0.25, 0.3) is 0 Å². The van der Waals surface area contributed by atoms with Crippen molar-refractivity contribution in [2.24, 2.45) is 0 Å². The fourth-order valence-corrected chi connectivity index (χ4v) is 0. The molecule has 0 aromatic heterocycles. The van der Waals surface area contributed by atoms with E-state index in [-0.39, 0.29) is 12.0 Å². The van der Waals surface area contributed by atoms with Crippen LogP contribution in [-0.2, 0) is 4.79 Å². The van der Waals surface area contributed by atoms with Gasteiger partial charge in [-0.05, 0) is 25.4 Å². The minimum atomic E-state index is -0.508. The summed E-state index contributed by atoms with van der Waals surface area (Å²) in [6, 6.07) is 0. The van der Waals surface area contributed by atoms with Gasteiger partial charge in [-0.2, -0.15) is 0 Å². The number of alkyl halides is 1. The van der Waals surface area contributed by atoms with Gasteiger partial charge in [-0.25, -0.2) is 0 Å². The van der Waals surface area contributed by atoms with E-state index in [2.05, 4.69) is 0 Å². The molecule has 0 saturated heterocycles. The summed E-state index contributed by atoms with van der Waals surface area (Å²) in [5.41, 5.74) is 0. The smallest absolute Gasteiger partial charge is 0.236 e. The summed E-state index contributed by atoms with van der Waals surface area (Å²) in [6.45, 7) is 3.44. The van der Waals surface area contributed by atoms with Crippen molar-refractivity contribution in [1.29, 1.82) is 0 Å². The van der Waals surface area contributed by atoms with Crippen LogP contribution in [0.15, 0.2) is 0 Å². The third kappa shape index (κ3) is 64.8. The molecule has 0 radical (unpaired) electrons. The van der Waals surface area contributed by atoms with Gasteiger partial charge in [0.15, 0.2) is 0 Å². The van der Waals surface area contributed by atoms with Crippen molar-refractivity contribution in [2.45, 2.75) is 20.0 Å². The predicted molar refractivity (Wildman–Crippen MR) is 38.9 cm³/mol. The van der Waals surface area contributed by atoms with Crippen LogP contribution in [0.3, 0.4) is 0 Å². The van der Waals surface area contributed by atoms with E-state index in [0.717, 1.165) is 0 Å². The molecule has 0 spiro atoms. The molecule has 0 saturated carbocycles. The second-order valence-electron chi connectivity index (χ2n) is 1.58. The van der Waals surface area contributed by atoms with E-state index in [9.17, 15) is 4.79 Å². The van der Waals surface area contributed by atoms with Crippen LogP contribution in [0.2, 0.25) is 0 Å². The lowest BCUT2D eigenvalue weighted by molar-refractivity contribution is -0.109. The average Bonchev–Trinajstić information content (AvgIpc) is 1.65. The third-order valence-electron chi connectivity index (χ3n) is 0.105. The zero-order chi connectivity index (χ0) is 7.86. The van der Waals surface area contributed by atoms with Crippen molar-refractivity contribution in [3.05, 3.63) is 0 Å². The molecule has 0 aliphatic carbocycles. The molecule has 0 heterocycles. The van der Waals surface area contributed by atoms with Crippen LogP contribution in [-0.4, -0.2) is 22.3 Å². The number of halogens is 2. The van der Waals surface area contributed by atoms with E-state index in [1.807, 2.05) is 0 Å². The van der Waals surface area contributed by atoms with Gasteiger partial charge in [0.25, 0.3) is 0 Å². The fourth-order valence-electron chi connectivity index (χ4n) is 0. The van der Waals surface area contributed by atoms with Crippen molar-refractivity contribution in [2.75, 3.05) is 5.88 Å². The minimum absolute atomic E-state index is 0.0957. The van der Waals surface area contributed by atoms with Gasteiger partial charge in [0.05, 0.1) is 5.88 Å². The van der Waals surface area contributed by atoms with E-state index in [4.69, 9.17) is 28.3 Å². The lowest BCUT2D eigenvalue weighted by Gasteiger charge is -1.80. The highest BCUT2D eigenvalue weighted by Gasteiger charge is 1.83. The summed E-state index contributed by atoms with van der Waals surface area (Å²) in [4.78, 5) is 9.45. The largest absolute Gasteiger partial charge is 0.394 e. The number of rotatable bonds is 1. The molecule has 0 aromatic carbocycles. The highest BCUT2D eigenvalue weighted by molar-refractivity contribution is 6.67. The first-order chi connectivity index (χ1) is 4.00. The Labute approximate surface area is 64.8 Å². The fraction of sp³-hybridized carbons (Fsp3) is 0.800. The Balaban J connectivity index is 0. The number of hydrogen-bond acceptors (Lipinski definition) is 2. The van der Waals surface area contributed by atoms with Crippen LogP contribution in [0.1, 0.15) is 13.8 Å². The number of hydrogen-bond donors (Lipinski definition) is 1. The molecule has 1 N–H and O–H groups in total. The number of carbonyl (C=O) groups excluding carboxylic acids is 1. The van der Waals surface area contributed by atoms with Gasteiger partial charge in [-0.3, -0.25) is 4.79 Å². The van der Waals surface area contributed by atoms with Gasteiger partial charge in [0.2, 0.25) is 5.24 Å². The summed E-state index contributed by atoms with van der Waals surface area (Å²) >= 11 is 9.55. The highest BCUT2D eigenvalue weighted by Crippen LogP contribution is 1.80. The maximum absolute atomic E-state index is 9.45. The van der Waals surface area contributed by atoms with Gasteiger partial charge in [-0.15, -0.1) is 11.6 Å². The molecule has 0 atom stereocenters. The lowest BCUT2D eigenvalue weighted by Crippen LogP contribution is -1.85. The molecule has 0 bridgehead atoms. The van der Waals surface area contributed by atoms with Crippen molar-refractivity contribution in [3.8, 4) is 0 Å². The standard InChI is InChI=1S/C3H8O.C2H2Cl2O/c1-3(2)4;3-1-2(4)5/h3-4H,1-2H3;1H2. The molecule has 4 heteroatoms. The monoisotopic (exact) mass is 172 g/mol. The molecule has 0 aliphatic heterocycles. The van der Waals surface area contributed by atoms with Gasteiger partial charge in [-0.1, -0.05) is 0 Å². The molecule has 56 valence electrons. The van der Waals surface area contributed by atoms with Gasteiger partial charge >= 0.3 is 0 Å². The summed E-state index contributed by atoms with van der Waals surface area (Å²) in [7, 11) is 0. The molecule has 0 rings (SSSR count). The van der Waals surface area contributed by atoms with Gasteiger partial charge in [0, 0.05) is 6.10 Å². The Bertz CT molecular complexity index is 70.6. The number of carbonyl (C=O) groups is 1. The van der Waals surface area contributed by atoms with Gasteiger partial charge in [0.1, 0.15) is 0 Å². The van der Waals surface area contributed by atoms with Crippen LogP contribution >= 0.6 is 23.2 Å². The van der Waals surface area contributed by atoms with Crippen LogP contribution in [0.4, 0.5) is 0 Å². The SMILES string of the molecule is CC(C)O.O=C(Cl)CCl. The molecular weight excluding hydrogens is 163 g/mol. The Morgan fingerprint density at radius 3 is 1.78 bits per heavy atom. The predicted octanol–water partition coefficient (Wildman–Crippen LogP) is 1.38. The zero-order valence-corrected chi connectivity index (χ0v) is 6.91. The second-order valence-corrected chi connectivity index (χ2v) is 2.27. The summed E-state index contributed by atoms with van der Waals surface area (Å²) in [5, 5.41) is 7.55. The third-order valence-corrected chi connectivity index (χ3v) is 0.618. The first-order valence-electron chi connectivity index (χ1n) is 2.43. The molecule has 0 unspecified atom stereocenters. The van der Waals surface area contributed by atoms with Crippen molar-refractivity contribution in [1.82, 2.24) is 0 Å². The topological polar surface area (TPSA) is 37.3 Å².